The van der Waals surface area contributed by atoms with Crippen LogP contribution in [0.4, 0.5) is 22.7 Å². The van der Waals surface area contributed by atoms with Gasteiger partial charge in [0.15, 0.2) is 23.4 Å². The normalized spacial score (nSPS) is 12.8. The van der Waals surface area contributed by atoms with E-state index in [0.717, 1.165) is 194 Å². The highest BCUT2D eigenvalue weighted by Gasteiger charge is 2.53. The number of hydrogen-bond donors (Lipinski definition) is 8. The second-order valence-electron chi connectivity index (χ2n) is 34.3. The predicted octanol–water partition coefficient (Wildman–Crippen LogP) is 23.5. The number of carbonyl (C=O) groups is 1. The first kappa shape index (κ1) is 97.5. The van der Waals surface area contributed by atoms with Crippen LogP contribution in [0, 0.1) is 73.1 Å². The number of aromatic nitrogens is 10. The van der Waals surface area contributed by atoms with Crippen molar-refractivity contribution in [1.29, 1.82) is 10.8 Å². The van der Waals surface area contributed by atoms with Gasteiger partial charge in [-0.25, -0.2) is 15.0 Å². The summed E-state index contributed by atoms with van der Waals surface area (Å²) in [5.74, 6) is 4.60. The van der Waals surface area contributed by atoms with Crippen LogP contribution in [0.2, 0.25) is 0 Å². The van der Waals surface area contributed by atoms with Crippen LogP contribution in [0.5, 0.6) is 0 Å². The summed E-state index contributed by atoms with van der Waals surface area (Å²) < 4.78 is 44.7. The van der Waals surface area contributed by atoms with Gasteiger partial charge in [0.05, 0.1) is 96.9 Å². The quantitative estimate of drug-likeness (QED) is 0.0161. The fourth-order valence-electron chi connectivity index (χ4n) is 16.1. The van der Waals surface area contributed by atoms with Gasteiger partial charge in [-0.2, -0.15) is 0 Å². The molecule has 0 unspecified atom stereocenters. The van der Waals surface area contributed by atoms with Gasteiger partial charge in [-0.1, -0.05) is 230 Å². The number of allylic oxidation sites excluding steroid dienone is 4. The van der Waals surface area contributed by atoms with Crippen molar-refractivity contribution in [1.82, 2.24) is 49.3 Å². The van der Waals surface area contributed by atoms with Crippen molar-refractivity contribution >= 4 is 96.5 Å². The van der Waals surface area contributed by atoms with Crippen LogP contribution in [0.25, 0.3) is 77.6 Å². The Hall–Kier alpha value is -15.0. The average molecular weight is 1870 g/mol. The summed E-state index contributed by atoms with van der Waals surface area (Å²) in [6.45, 7) is 35.2. The van der Waals surface area contributed by atoms with E-state index >= 15 is 0 Å². The molecule has 1 amide bonds. The topological polar surface area (TPSA) is 378 Å². The Bertz CT molecular complexity index is 6820. The number of nitrogen functional groups attached to an aromatic ring is 3. The zero-order valence-electron chi connectivity index (χ0n) is 79.4. The summed E-state index contributed by atoms with van der Waals surface area (Å²) in [5.41, 5.74) is 53.2. The summed E-state index contributed by atoms with van der Waals surface area (Å²) >= 11 is 3.43. The first-order valence-corrected chi connectivity index (χ1v) is 45.2. The van der Waals surface area contributed by atoms with E-state index in [1.165, 1.54) is 40.4 Å². The van der Waals surface area contributed by atoms with Gasteiger partial charge >= 0.3 is 7.12 Å². The number of primary amides is 1. The Morgan fingerprint density at radius 2 is 0.770 bits per heavy atom. The number of nitrogens with one attached hydrogen (secondary N) is 4. The lowest BCUT2D eigenvalue weighted by atomic mass is 9.73. The molecule has 26 nitrogen and oxygen atoms in total. The van der Waals surface area contributed by atoms with Crippen LogP contribution in [0.1, 0.15) is 151 Å². The van der Waals surface area contributed by atoms with Crippen LogP contribution in [-0.4, -0.2) is 92.4 Å². The van der Waals surface area contributed by atoms with Gasteiger partial charge in [-0.3, -0.25) is 15.6 Å². The smallest absolute Gasteiger partial charge is 0.485 e. The number of hydrogen-bond acceptors (Lipinski definition) is 21. The lowest BCUT2D eigenvalue weighted by Crippen LogP contribution is -2.41. The number of fused-ring (bicyclic) bond motifs is 3. The molecule has 1 aliphatic heterocycles. The second-order valence-corrected chi connectivity index (χ2v) is 35.2. The van der Waals surface area contributed by atoms with Gasteiger partial charge < -0.3 is 79.4 Å². The number of aryl methyl sites for hydroxylation is 9. The largest absolute Gasteiger partial charge is 0.495 e. The van der Waals surface area contributed by atoms with Gasteiger partial charge in [0, 0.05) is 66.4 Å². The fraction of sp³-hybridized carbons (Fsp3) is 0.234. The minimum Gasteiger partial charge on any atom is -0.485 e. The minimum absolute atomic E-state index is 0.0454. The highest BCUT2D eigenvalue weighted by Crippen LogP contribution is 2.43. The van der Waals surface area contributed by atoms with Crippen molar-refractivity contribution in [2.45, 2.75) is 161 Å². The van der Waals surface area contributed by atoms with Gasteiger partial charge in [-0.15, -0.1) is 0 Å². The Balaban J connectivity index is 0.000000137. The third-order valence-corrected chi connectivity index (χ3v) is 24.3. The number of benzene rings is 10. The number of rotatable bonds is 19. The maximum Gasteiger partial charge on any atom is 0.495 e. The Labute approximate surface area is 795 Å². The standard InChI is InChI=1S/C20H19N5O.C20H18N4O2.C20H19N3O.C18H19N3O.C13H21BO2.C13H13BrN2.C3H7NO/c1-12-18(13(2)26-24-12)15-8-9-16-17(10-15)25(20(23-16)19(21)22)11-14-6-4-3-5-7-14;1-12-18(13(2)26-23-12)15-8-9-16-17(10-15)24(20(22-16)19(21)25)11-14-6-4-3-5-7-14;1-13-20(14(2)24-22-13)17-9-10-18-19(11-17)23(15(3)21-18)12-16-7-5-4-6-8-16;1-12-18(13(2)22-21-12)15-8-9-16(19)17(10-15)20-11-14-6-4-3-5-7-14;1-9-7-8-10(2)11(9)14-15-12(3,4)13(5,6)16-14;14-11-6-7-12(15)13(8-11)16-9-10-4-2-1-3-5-10;1-3(4)5-2/h3-10H,11H2,1-2H3,(H3,21,22);3-10H,11H2,1-2H3,(H2,21,25);4-11H,12H2,1-3H3;3-10,20H,11,19H2,1-2H3;7H,8H2,1-6H3;1-8,16H,9,15H2;4H,1-2H3. The summed E-state index contributed by atoms with van der Waals surface area (Å²) in [6.07, 6.45) is 3.28. The molecular formula is C107H116BBrN18O8. The number of amidine groups is 1. The van der Waals surface area contributed by atoms with Crippen LogP contribution in [0.15, 0.2) is 288 Å². The number of carbonyl (C=O) groups excluding carboxylic acids is 1. The van der Waals surface area contributed by atoms with Gasteiger partial charge in [-0.05, 0) is 233 Å². The van der Waals surface area contributed by atoms with Crippen LogP contribution >= 0.6 is 15.9 Å². The molecule has 0 atom stereocenters. The molecule has 19 rings (SSSR count). The average Bonchev–Trinajstić information content (AvgIpc) is 1.63. The monoisotopic (exact) mass is 1870 g/mol. The number of halogens is 1. The number of ether oxygens (including phenoxy) is 1. The highest BCUT2D eigenvalue weighted by atomic mass is 79.9. The molecule has 1 fully saturated rings. The first-order chi connectivity index (χ1) is 64.6. The molecule has 135 heavy (non-hydrogen) atoms. The van der Waals surface area contributed by atoms with Crippen LogP contribution in [0.3, 0.4) is 0 Å². The lowest BCUT2D eigenvalue weighted by molar-refractivity contribution is 0.00578. The molecule has 17 aromatic rings. The fourth-order valence-corrected chi connectivity index (χ4v) is 16.5. The Morgan fingerprint density at radius 3 is 1.12 bits per heavy atom. The maximum absolute atomic E-state index is 11.9. The second kappa shape index (κ2) is 43.6. The molecule has 1 aliphatic carbocycles. The van der Waals surface area contributed by atoms with Crippen LogP contribution in [-0.2, 0) is 46.8 Å². The number of methoxy groups -OCH3 is 1. The Kier molecular flexibility index (Phi) is 31.5. The molecule has 12 N–H and O–H groups in total. The minimum atomic E-state index is -0.545. The maximum atomic E-state index is 11.9. The van der Waals surface area contributed by atoms with E-state index < -0.39 is 5.91 Å². The lowest BCUT2D eigenvalue weighted by Gasteiger charge is -2.32. The van der Waals surface area contributed by atoms with Crippen molar-refractivity contribution in [3.63, 3.8) is 0 Å². The number of nitrogens with zero attached hydrogens (tertiary/aromatic N) is 10. The van der Waals surface area contributed by atoms with Crippen molar-refractivity contribution in [2.75, 3.05) is 29.2 Å². The third kappa shape index (κ3) is 23.7. The molecule has 28 heteroatoms. The van der Waals surface area contributed by atoms with E-state index in [4.69, 9.17) is 66.1 Å². The molecular weight excluding hydrogens is 1760 g/mol. The van der Waals surface area contributed by atoms with E-state index in [-0.39, 0.29) is 35.9 Å². The number of anilines is 4. The molecule has 1 saturated heterocycles. The SMILES string of the molecule is CC1=CCC(C)=C1B1OC(C)(C)C(C)(C)O1.COC(C)=N.Cc1noc(C)c1-c1ccc(N)c(NCc2ccccc2)c1.Cc1noc(C)c1-c1ccc2nc(C(=N)N)n(Cc3ccccc3)c2c1.Cc1noc(C)c1-c1ccc2nc(C(N)=O)n(Cc3ccccc3)c2c1.Cc1noc(C)c1-c1ccc2nc(C)n(Cc3ccccc3)c2c1.Nc1ccc(Br)cc1NCc1ccccc1. The highest BCUT2D eigenvalue weighted by molar-refractivity contribution is 9.10. The van der Waals surface area contributed by atoms with Crippen molar-refractivity contribution in [2.24, 2.45) is 11.5 Å². The van der Waals surface area contributed by atoms with E-state index in [0.29, 0.717) is 18.9 Å². The zero-order valence-corrected chi connectivity index (χ0v) is 81.0. The first-order valence-electron chi connectivity index (χ1n) is 44.4. The summed E-state index contributed by atoms with van der Waals surface area (Å²) in [4.78, 5) is 25.6. The molecule has 8 heterocycles. The molecule has 0 radical (unpaired) electrons. The van der Waals surface area contributed by atoms with Gasteiger partial charge in [0.25, 0.3) is 5.91 Å². The number of imidazole rings is 3. The van der Waals surface area contributed by atoms with Gasteiger partial charge in [0.2, 0.25) is 0 Å². The van der Waals surface area contributed by atoms with E-state index in [1.807, 2.05) is 234 Å². The molecule has 0 bridgehead atoms. The van der Waals surface area contributed by atoms with Crippen LogP contribution < -0.4 is 33.6 Å². The molecule has 10 aromatic carbocycles. The van der Waals surface area contributed by atoms with E-state index in [2.05, 4.69) is 194 Å². The van der Waals surface area contributed by atoms with Crippen molar-refractivity contribution in [3.05, 3.63) is 361 Å². The summed E-state index contributed by atoms with van der Waals surface area (Å²) in [5, 5.41) is 37.3. The summed E-state index contributed by atoms with van der Waals surface area (Å²) in [7, 11) is 1.28. The van der Waals surface area contributed by atoms with Gasteiger partial charge in [0.1, 0.15) is 28.9 Å². The number of nitrogens with two attached hydrogens (primary N) is 4. The molecule has 692 valence electrons. The molecule has 2 aliphatic rings. The third-order valence-electron chi connectivity index (χ3n) is 23.8. The molecule has 7 aromatic heterocycles. The Morgan fingerprint density at radius 1 is 0.444 bits per heavy atom. The zero-order chi connectivity index (χ0) is 96.5. The van der Waals surface area contributed by atoms with E-state index in [1.54, 1.807) is 6.92 Å². The predicted molar refractivity (Wildman–Crippen MR) is 544 cm³/mol. The molecule has 0 spiro atoms. The number of amides is 1. The van der Waals surface area contributed by atoms with E-state index in [9.17, 15) is 4.79 Å². The summed E-state index contributed by atoms with van der Waals surface area (Å²) in [6, 6.07) is 80.9. The molecule has 0 saturated carbocycles. The van der Waals surface area contributed by atoms with Crippen molar-refractivity contribution in [3.8, 4) is 44.5 Å². The van der Waals surface area contributed by atoms with Crippen molar-refractivity contribution < 1.29 is 36.9 Å².